The predicted molar refractivity (Wildman–Crippen MR) is 250 cm³/mol. The van der Waals surface area contributed by atoms with E-state index in [1.165, 1.54) is 0 Å². The zero-order chi connectivity index (χ0) is 41.2. The van der Waals surface area contributed by atoms with Crippen molar-refractivity contribution < 1.29 is 19.4 Å². The number of carbonyl (C=O) groups excluding carboxylic acids is 1. The third-order valence-electron chi connectivity index (χ3n) is 8.66. The van der Waals surface area contributed by atoms with E-state index in [2.05, 4.69) is 160 Å². The number of ether oxygens (including phenoxy) is 2. The van der Waals surface area contributed by atoms with Gasteiger partial charge in [0.1, 0.15) is 6.10 Å². The second kappa shape index (κ2) is 48.4. The van der Waals surface area contributed by atoms with Crippen LogP contribution < -0.4 is 0 Å². The number of carbonyl (C=O) groups is 1. The van der Waals surface area contributed by atoms with E-state index >= 15 is 0 Å². The van der Waals surface area contributed by atoms with E-state index < -0.39 is 6.10 Å². The van der Waals surface area contributed by atoms with Crippen molar-refractivity contribution in [2.45, 2.75) is 161 Å². The van der Waals surface area contributed by atoms with E-state index in [1.54, 1.807) is 0 Å². The van der Waals surface area contributed by atoms with Gasteiger partial charge in [-0.2, -0.15) is 0 Å². The topological polar surface area (TPSA) is 55.8 Å². The Morgan fingerprint density at radius 3 is 1.09 bits per heavy atom. The quantitative estimate of drug-likeness (QED) is 0.0383. The van der Waals surface area contributed by atoms with Crippen molar-refractivity contribution in [3.63, 3.8) is 0 Å². The molecule has 4 heteroatoms. The third kappa shape index (κ3) is 46.5. The van der Waals surface area contributed by atoms with Crippen molar-refractivity contribution >= 4 is 5.97 Å². The zero-order valence-corrected chi connectivity index (χ0v) is 36.3. The van der Waals surface area contributed by atoms with Crippen LogP contribution in [0.25, 0.3) is 0 Å². The molecule has 1 N–H and O–H groups in total. The monoisotopic (exact) mass is 783 g/mol. The molecule has 4 nitrogen and oxygen atoms in total. The number of unbranched alkanes of at least 4 members (excludes halogenated alkanes) is 7. The first kappa shape index (κ1) is 53.3. The molecule has 0 rings (SSSR count). The lowest BCUT2D eigenvalue weighted by Crippen LogP contribution is -2.27. The molecule has 0 bridgehead atoms. The number of aliphatic hydroxyl groups excluding tert-OH is 1. The van der Waals surface area contributed by atoms with Gasteiger partial charge >= 0.3 is 5.97 Å². The first-order valence-corrected chi connectivity index (χ1v) is 22.4. The molecule has 0 aromatic heterocycles. The number of hydrogen-bond acceptors (Lipinski definition) is 4. The van der Waals surface area contributed by atoms with Gasteiger partial charge in [-0.1, -0.05) is 179 Å². The van der Waals surface area contributed by atoms with E-state index in [9.17, 15) is 9.90 Å². The minimum Gasteiger partial charge on any atom is -0.457 e. The van der Waals surface area contributed by atoms with Crippen LogP contribution in [0.1, 0.15) is 155 Å². The van der Waals surface area contributed by atoms with Crippen molar-refractivity contribution in [1.82, 2.24) is 0 Å². The summed E-state index contributed by atoms with van der Waals surface area (Å²) >= 11 is 0. The highest BCUT2D eigenvalue weighted by Gasteiger charge is 2.13. The minimum absolute atomic E-state index is 0.208. The number of allylic oxidation sites excluding steroid dienone is 24. The van der Waals surface area contributed by atoms with Gasteiger partial charge in [0, 0.05) is 13.0 Å². The highest BCUT2D eigenvalue weighted by molar-refractivity contribution is 5.69. The van der Waals surface area contributed by atoms with Crippen molar-refractivity contribution in [2.24, 2.45) is 0 Å². The molecule has 0 amide bonds. The molecule has 1 atom stereocenters. The Labute approximate surface area is 351 Å². The summed E-state index contributed by atoms with van der Waals surface area (Å²) in [5.74, 6) is -0.244. The van der Waals surface area contributed by atoms with Crippen LogP contribution in [-0.2, 0) is 14.3 Å². The molecular formula is C53H82O4. The Morgan fingerprint density at radius 1 is 0.421 bits per heavy atom. The van der Waals surface area contributed by atoms with Gasteiger partial charge in [0.05, 0.1) is 13.2 Å². The average molecular weight is 783 g/mol. The predicted octanol–water partition coefficient (Wildman–Crippen LogP) is 15.2. The van der Waals surface area contributed by atoms with Gasteiger partial charge in [0.15, 0.2) is 0 Å². The van der Waals surface area contributed by atoms with Crippen LogP contribution in [-0.4, -0.2) is 37.0 Å². The Kier molecular flexibility index (Phi) is 45.3. The van der Waals surface area contributed by atoms with Gasteiger partial charge in [0.25, 0.3) is 0 Å². The molecule has 0 saturated carbocycles. The number of aliphatic hydroxyl groups is 1. The van der Waals surface area contributed by atoms with E-state index in [1.807, 2.05) is 0 Å². The molecule has 318 valence electrons. The SMILES string of the molecule is CC/C=C\C/C=C\C/C=C\C/C=C\C/C=C\C/C=C\CCCCCCC(=O)OC(CO)COCCCCC/C=C\C/C=C\C/C=C\C/C=C\C/C=C\C/C=C\CC. The van der Waals surface area contributed by atoms with Crippen molar-refractivity contribution in [3.05, 3.63) is 146 Å². The van der Waals surface area contributed by atoms with Crippen LogP contribution in [0.5, 0.6) is 0 Å². The van der Waals surface area contributed by atoms with Crippen molar-refractivity contribution in [1.29, 1.82) is 0 Å². The Bertz CT molecular complexity index is 1230. The highest BCUT2D eigenvalue weighted by atomic mass is 16.6. The van der Waals surface area contributed by atoms with Gasteiger partial charge in [-0.25, -0.2) is 0 Å². The Balaban J connectivity index is 3.65. The molecule has 0 aromatic rings. The van der Waals surface area contributed by atoms with Gasteiger partial charge in [-0.3, -0.25) is 4.79 Å². The highest BCUT2D eigenvalue weighted by Crippen LogP contribution is 2.09. The zero-order valence-electron chi connectivity index (χ0n) is 36.3. The van der Waals surface area contributed by atoms with Crippen LogP contribution >= 0.6 is 0 Å². The summed E-state index contributed by atoms with van der Waals surface area (Å²) < 4.78 is 11.1. The lowest BCUT2D eigenvalue weighted by molar-refractivity contribution is -0.154. The van der Waals surface area contributed by atoms with E-state index in [-0.39, 0.29) is 19.2 Å². The molecule has 1 unspecified atom stereocenters. The third-order valence-corrected chi connectivity index (χ3v) is 8.66. The summed E-state index contributed by atoms with van der Waals surface area (Å²) in [6.45, 7) is 4.98. The normalized spacial score (nSPS) is 13.8. The van der Waals surface area contributed by atoms with Crippen LogP contribution in [0.3, 0.4) is 0 Å². The lowest BCUT2D eigenvalue weighted by atomic mass is 10.1. The van der Waals surface area contributed by atoms with E-state index in [4.69, 9.17) is 9.47 Å². The maximum atomic E-state index is 12.2. The number of esters is 1. The summed E-state index contributed by atoms with van der Waals surface area (Å²) in [4.78, 5) is 12.2. The average Bonchev–Trinajstić information content (AvgIpc) is 3.22. The fraction of sp³-hybridized carbons (Fsp3) is 0.528. The molecule has 0 aliphatic carbocycles. The molecule has 57 heavy (non-hydrogen) atoms. The molecular weight excluding hydrogens is 701 g/mol. The first-order chi connectivity index (χ1) is 28.2. The van der Waals surface area contributed by atoms with E-state index in [0.29, 0.717) is 13.0 Å². The van der Waals surface area contributed by atoms with Crippen LogP contribution in [0.15, 0.2) is 146 Å². The van der Waals surface area contributed by atoms with Crippen molar-refractivity contribution in [3.8, 4) is 0 Å². The van der Waals surface area contributed by atoms with Crippen LogP contribution in [0, 0.1) is 0 Å². The number of rotatable bonds is 39. The maximum Gasteiger partial charge on any atom is 0.306 e. The maximum absolute atomic E-state index is 12.2. The Hall–Kier alpha value is -3.73. The summed E-state index contributed by atoms with van der Waals surface area (Å²) in [5.41, 5.74) is 0. The lowest BCUT2D eigenvalue weighted by Gasteiger charge is -2.15. The molecule has 0 heterocycles. The largest absolute Gasteiger partial charge is 0.457 e. The molecule has 0 aromatic carbocycles. The molecule has 0 aliphatic heterocycles. The van der Waals surface area contributed by atoms with Gasteiger partial charge in [0.2, 0.25) is 0 Å². The van der Waals surface area contributed by atoms with Crippen LogP contribution in [0.2, 0.25) is 0 Å². The molecule has 0 spiro atoms. The molecule has 0 aliphatic rings. The summed E-state index contributed by atoms with van der Waals surface area (Å²) in [6.07, 6.45) is 74.8. The fourth-order valence-corrected chi connectivity index (χ4v) is 5.39. The Morgan fingerprint density at radius 2 is 0.737 bits per heavy atom. The standard InChI is InChI=1S/C53H82O4/c1-3-5-7-9-11-13-15-17-19-21-23-25-27-28-30-32-34-36-38-40-42-44-46-48-53(55)57-52(50-54)51-56-49-47-45-43-41-39-37-35-33-31-29-26-24-22-20-18-16-14-12-10-8-6-4-2/h5-8,11-14,17-20,23-26,28,30-31,33-34,36-37,39,52,54H,3-4,9-10,15-16,21-22,27,29,32,35,38,40-51H2,1-2H3/b7-5-,8-6-,13-11-,14-12-,19-17-,20-18-,25-23-,26-24-,30-28-,33-31-,36-34-,39-37-. The summed E-state index contributed by atoms with van der Waals surface area (Å²) in [6, 6.07) is 0. The van der Waals surface area contributed by atoms with E-state index in [0.717, 1.165) is 135 Å². The smallest absolute Gasteiger partial charge is 0.306 e. The summed E-state index contributed by atoms with van der Waals surface area (Å²) in [5, 5.41) is 9.62. The fourth-order valence-electron chi connectivity index (χ4n) is 5.39. The first-order valence-electron chi connectivity index (χ1n) is 22.4. The molecule has 0 radical (unpaired) electrons. The number of hydrogen-bond donors (Lipinski definition) is 1. The summed E-state index contributed by atoms with van der Waals surface area (Å²) in [7, 11) is 0. The second-order valence-corrected chi connectivity index (χ2v) is 14.0. The van der Waals surface area contributed by atoms with Gasteiger partial charge in [-0.05, 0) is 116 Å². The second-order valence-electron chi connectivity index (χ2n) is 14.0. The van der Waals surface area contributed by atoms with Gasteiger partial charge in [-0.15, -0.1) is 0 Å². The molecule has 0 saturated heterocycles. The van der Waals surface area contributed by atoms with Gasteiger partial charge < -0.3 is 14.6 Å². The minimum atomic E-state index is -0.579. The molecule has 0 fully saturated rings. The van der Waals surface area contributed by atoms with Crippen LogP contribution in [0.4, 0.5) is 0 Å². The van der Waals surface area contributed by atoms with Crippen molar-refractivity contribution in [2.75, 3.05) is 19.8 Å².